The number of para-hydroxylation sites is 2. The Labute approximate surface area is 155 Å². The molecule has 6 nitrogen and oxygen atoms in total. The lowest BCUT2D eigenvalue weighted by atomic mass is 10.1. The third-order valence-electron chi connectivity index (χ3n) is 4.29. The minimum atomic E-state index is -1.26. The van der Waals surface area contributed by atoms with Gasteiger partial charge in [-0.05, 0) is 49.6 Å². The normalized spacial score (nSPS) is 16.6. The summed E-state index contributed by atoms with van der Waals surface area (Å²) in [6, 6.07) is 10.0. The molecule has 0 aliphatic carbocycles. The smallest absolute Gasteiger partial charge is 0.335 e. The first kappa shape index (κ1) is 18.8. The van der Waals surface area contributed by atoms with Crippen molar-refractivity contribution >= 4 is 17.6 Å². The number of carbonyl (C=O) groups excluding carboxylic acids is 1. The minimum absolute atomic E-state index is 0.0171. The molecule has 3 rings (SSSR count). The predicted molar refractivity (Wildman–Crippen MR) is 96.8 cm³/mol. The van der Waals surface area contributed by atoms with Gasteiger partial charge in [-0.15, -0.1) is 0 Å². The first-order valence-electron chi connectivity index (χ1n) is 8.72. The second-order valence-electron chi connectivity index (χ2n) is 6.25. The van der Waals surface area contributed by atoms with Crippen LogP contribution in [0.2, 0.25) is 0 Å². The molecular formula is C20H20FNO5. The fourth-order valence-corrected chi connectivity index (χ4v) is 2.84. The maximum Gasteiger partial charge on any atom is 0.335 e. The maximum absolute atomic E-state index is 14.1. The van der Waals surface area contributed by atoms with Gasteiger partial charge in [0, 0.05) is 6.61 Å². The number of hydrogen-bond acceptors (Lipinski definition) is 4. The van der Waals surface area contributed by atoms with E-state index in [0.717, 1.165) is 38.0 Å². The molecule has 1 aliphatic rings. The first-order chi connectivity index (χ1) is 13.0. The topological polar surface area (TPSA) is 84.9 Å². The van der Waals surface area contributed by atoms with Crippen LogP contribution in [-0.2, 0) is 4.74 Å². The SMILES string of the molecule is O=C(O)c1ccc(C(=O)Nc2ccccc2OCC2CCCCO2)c(F)c1. The molecule has 1 unspecified atom stereocenters. The highest BCUT2D eigenvalue weighted by atomic mass is 19.1. The standard InChI is InChI=1S/C20H20FNO5/c21-16-11-13(20(24)25)8-9-15(16)19(23)22-17-6-1-2-7-18(17)27-12-14-5-3-4-10-26-14/h1-2,6-9,11,14H,3-5,10,12H2,(H,22,23)(H,24,25). The molecule has 1 amide bonds. The summed E-state index contributed by atoms with van der Waals surface area (Å²) in [6.45, 7) is 1.09. The first-order valence-corrected chi connectivity index (χ1v) is 8.72. The van der Waals surface area contributed by atoms with Gasteiger partial charge in [0.15, 0.2) is 0 Å². The molecule has 0 spiro atoms. The highest BCUT2D eigenvalue weighted by Crippen LogP contribution is 2.26. The highest BCUT2D eigenvalue weighted by molar-refractivity contribution is 6.05. The van der Waals surface area contributed by atoms with Gasteiger partial charge in [0.05, 0.1) is 22.9 Å². The Morgan fingerprint density at radius 3 is 2.74 bits per heavy atom. The minimum Gasteiger partial charge on any atom is -0.489 e. The number of halogens is 1. The van der Waals surface area contributed by atoms with E-state index in [2.05, 4.69) is 5.32 Å². The molecule has 142 valence electrons. The Morgan fingerprint density at radius 2 is 2.04 bits per heavy atom. The van der Waals surface area contributed by atoms with Crippen molar-refractivity contribution in [1.82, 2.24) is 0 Å². The van der Waals surface area contributed by atoms with E-state index in [-0.39, 0.29) is 17.2 Å². The van der Waals surface area contributed by atoms with Crippen molar-refractivity contribution in [3.63, 3.8) is 0 Å². The molecule has 0 radical (unpaired) electrons. The van der Waals surface area contributed by atoms with Crippen LogP contribution < -0.4 is 10.1 Å². The second-order valence-corrected chi connectivity index (χ2v) is 6.25. The number of amides is 1. The molecular weight excluding hydrogens is 353 g/mol. The van der Waals surface area contributed by atoms with Gasteiger partial charge >= 0.3 is 5.97 Å². The number of benzene rings is 2. The predicted octanol–water partition coefficient (Wildman–Crippen LogP) is 3.72. The van der Waals surface area contributed by atoms with Crippen LogP contribution in [-0.4, -0.2) is 36.3 Å². The Morgan fingerprint density at radius 1 is 1.22 bits per heavy atom. The zero-order valence-corrected chi connectivity index (χ0v) is 14.6. The molecule has 1 saturated heterocycles. The number of anilines is 1. The number of hydrogen-bond donors (Lipinski definition) is 2. The lowest BCUT2D eigenvalue weighted by Crippen LogP contribution is -2.26. The summed E-state index contributed by atoms with van der Waals surface area (Å²) in [6.07, 6.45) is 3.09. The number of aromatic carboxylic acids is 1. The number of nitrogens with one attached hydrogen (secondary N) is 1. The van der Waals surface area contributed by atoms with Crippen LogP contribution in [0, 0.1) is 5.82 Å². The van der Waals surface area contributed by atoms with E-state index in [9.17, 15) is 14.0 Å². The van der Waals surface area contributed by atoms with Crippen molar-refractivity contribution in [2.75, 3.05) is 18.5 Å². The third-order valence-corrected chi connectivity index (χ3v) is 4.29. The van der Waals surface area contributed by atoms with Crippen molar-refractivity contribution in [3.05, 3.63) is 59.4 Å². The van der Waals surface area contributed by atoms with Gasteiger partial charge < -0.3 is 19.9 Å². The lowest BCUT2D eigenvalue weighted by Gasteiger charge is -2.23. The van der Waals surface area contributed by atoms with Gasteiger partial charge in [0.1, 0.15) is 18.2 Å². The monoisotopic (exact) mass is 373 g/mol. The Bertz CT molecular complexity index is 833. The van der Waals surface area contributed by atoms with E-state index in [0.29, 0.717) is 18.0 Å². The van der Waals surface area contributed by atoms with E-state index in [1.54, 1.807) is 24.3 Å². The molecule has 2 aromatic rings. The summed E-state index contributed by atoms with van der Waals surface area (Å²) < 4.78 is 25.5. The molecule has 2 aromatic carbocycles. The lowest BCUT2D eigenvalue weighted by molar-refractivity contribution is -0.0109. The molecule has 1 atom stereocenters. The van der Waals surface area contributed by atoms with E-state index in [1.807, 2.05) is 0 Å². The quantitative estimate of drug-likeness (QED) is 0.806. The highest BCUT2D eigenvalue weighted by Gasteiger charge is 2.18. The van der Waals surface area contributed by atoms with Crippen molar-refractivity contribution in [1.29, 1.82) is 0 Å². The summed E-state index contributed by atoms with van der Waals surface area (Å²) in [5.74, 6) is -2.39. The Kier molecular flexibility index (Phi) is 6.03. The average Bonchev–Trinajstić information content (AvgIpc) is 2.68. The van der Waals surface area contributed by atoms with Gasteiger partial charge in [-0.2, -0.15) is 0 Å². The fourth-order valence-electron chi connectivity index (χ4n) is 2.84. The van der Waals surface area contributed by atoms with Gasteiger partial charge in [0.2, 0.25) is 0 Å². The molecule has 0 bridgehead atoms. The van der Waals surface area contributed by atoms with E-state index >= 15 is 0 Å². The number of carboxylic acids is 1. The molecule has 1 heterocycles. The van der Waals surface area contributed by atoms with Crippen molar-refractivity contribution in [2.45, 2.75) is 25.4 Å². The van der Waals surface area contributed by atoms with Crippen LogP contribution in [0.25, 0.3) is 0 Å². The fraction of sp³-hybridized carbons (Fsp3) is 0.300. The molecule has 1 fully saturated rings. The molecule has 0 saturated carbocycles. The third kappa shape index (κ3) is 4.83. The summed E-state index contributed by atoms with van der Waals surface area (Å²) in [7, 11) is 0. The summed E-state index contributed by atoms with van der Waals surface area (Å²) in [5, 5.41) is 11.5. The van der Waals surface area contributed by atoms with Crippen LogP contribution in [0.4, 0.5) is 10.1 Å². The average molecular weight is 373 g/mol. The summed E-state index contributed by atoms with van der Waals surface area (Å²) in [4.78, 5) is 23.3. The van der Waals surface area contributed by atoms with Crippen LogP contribution in [0.3, 0.4) is 0 Å². The van der Waals surface area contributed by atoms with Crippen molar-refractivity contribution < 1.29 is 28.6 Å². The second kappa shape index (κ2) is 8.64. The van der Waals surface area contributed by atoms with E-state index in [4.69, 9.17) is 14.6 Å². The van der Waals surface area contributed by atoms with Crippen molar-refractivity contribution in [3.8, 4) is 5.75 Å². The zero-order chi connectivity index (χ0) is 19.2. The van der Waals surface area contributed by atoms with Crippen LogP contribution in [0.1, 0.15) is 40.0 Å². The van der Waals surface area contributed by atoms with Crippen LogP contribution in [0.15, 0.2) is 42.5 Å². The molecule has 1 aliphatic heterocycles. The largest absolute Gasteiger partial charge is 0.489 e. The number of carboxylic acid groups (broad SMARTS) is 1. The zero-order valence-electron chi connectivity index (χ0n) is 14.6. The Balaban J connectivity index is 1.70. The summed E-state index contributed by atoms with van der Waals surface area (Å²) in [5.41, 5.74) is -0.0642. The molecule has 27 heavy (non-hydrogen) atoms. The number of rotatable bonds is 6. The Hall–Kier alpha value is -2.93. The summed E-state index contributed by atoms with van der Waals surface area (Å²) >= 11 is 0. The van der Waals surface area contributed by atoms with E-state index < -0.39 is 17.7 Å². The van der Waals surface area contributed by atoms with Crippen LogP contribution >= 0.6 is 0 Å². The number of carbonyl (C=O) groups is 2. The molecule has 7 heteroatoms. The van der Waals surface area contributed by atoms with Gasteiger partial charge in [-0.1, -0.05) is 12.1 Å². The van der Waals surface area contributed by atoms with Gasteiger partial charge in [0.25, 0.3) is 5.91 Å². The van der Waals surface area contributed by atoms with Gasteiger partial charge in [-0.25, -0.2) is 9.18 Å². The maximum atomic E-state index is 14.1. The van der Waals surface area contributed by atoms with E-state index in [1.165, 1.54) is 6.07 Å². The van der Waals surface area contributed by atoms with Gasteiger partial charge in [-0.3, -0.25) is 4.79 Å². The molecule has 2 N–H and O–H groups in total. The number of ether oxygens (including phenoxy) is 2. The van der Waals surface area contributed by atoms with Crippen LogP contribution in [0.5, 0.6) is 5.75 Å². The molecule has 0 aromatic heterocycles. The van der Waals surface area contributed by atoms with Crippen molar-refractivity contribution in [2.24, 2.45) is 0 Å².